The number of allylic oxidation sites excluding steroid dienone is 12. The first kappa shape index (κ1) is 60.8. The van der Waals surface area contributed by atoms with Gasteiger partial charge in [-0.15, -0.1) is 0 Å². The molecule has 0 fully saturated rings. The molecule has 8 nitrogen and oxygen atoms in total. The van der Waals surface area contributed by atoms with Gasteiger partial charge in [0.25, 0.3) is 0 Å². The Morgan fingerprint density at radius 2 is 0.828 bits per heavy atom. The van der Waals surface area contributed by atoms with E-state index in [1.165, 1.54) is 96.3 Å². The quantitative estimate of drug-likeness (QED) is 0.0259. The number of quaternary nitrogens is 1. The van der Waals surface area contributed by atoms with E-state index < -0.39 is 18.1 Å². The number of carbonyl (C=O) groups excluding carboxylic acids is 3. The number of hydrogen-bond donors (Lipinski definition) is 0. The van der Waals surface area contributed by atoms with Crippen LogP contribution in [0.4, 0.5) is 0 Å². The van der Waals surface area contributed by atoms with Crippen molar-refractivity contribution in [1.29, 1.82) is 0 Å². The van der Waals surface area contributed by atoms with Crippen molar-refractivity contribution in [3.8, 4) is 0 Å². The Labute approximate surface area is 393 Å². The van der Waals surface area contributed by atoms with E-state index in [-0.39, 0.29) is 42.7 Å². The van der Waals surface area contributed by atoms with Crippen LogP contribution >= 0.6 is 0 Å². The van der Waals surface area contributed by atoms with Crippen LogP contribution in [0.15, 0.2) is 72.9 Å². The van der Waals surface area contributed by atoms with Crippen LogP contribution in [0, 0.1) is 0 Å². The predicted molar refractivity (Wildman–Crippen MR) is 268 cm³/mol. The van der Waals surface area contributed by atoms with Crippen molar-refractivity contribution in [3.63, 3.8) is 0 Å². The standard InChI is InChI=1S/C56H97NO7/c1-6-8-10-12-14-16-18-20-22-24-26-27-29-31-33-35-37-39-41-43-45-47-55(59)64-52(50-62-49-48-53(56(60)61)57(3,4)5)51-63-54(58)46-44-42-40-38-36-34-32-30-28-25-23-21-19-17-15-13-11-9-7-2/h8-11,14-17,20-23,52-53H,6-7,12-13,18-19,24-51H2,1-5H3/b10-8+,11-9+,16-14+,17-15+,22-20+,23-21+. The van der Waals surface area contributed by atoms with Crippen molar-refractivity contribution in [2.24, 2.45) is 0 Å². The lowest BCUT2D eigenvalue weighted by Crippen LogP contribution is -2.55. The zero-order chi connectivity index (χ0) is 47.0. The first-order valence-corrected chi connectivity index (χ1v) is 26.0. The van der Waals surface area contributed by atoms with Gasteiger partial charge in [0, 0.05) is 19.3 Å². The van der Waals surface area contributed by atoms with Crippen LogP contribution in [0.1, 0.15) is 213 Å². The zero-order valence-electron chi connectivity index (χ0n) is 41.9. The Hall–Kier alpha value is -3.23. The van der Waals surface area contributed by atoms with Gasteiger partial charge in [-0.3, -0.25) is 9.59 Å². The number of hydrogen-bond acceptors (Lipinski definition) is 7. The molecule has 0 aromatic carbocycles. The minimum Gasteiger partial charge on any atom is -0.544 e. The number of carboxylic acids is 1. The van der Waals surface area contributed by atoms with Crippen molar-refractivity contribution in [2.75, 3.05) is 41.0 Å². The molecule has 0 heterocycles. The maximum atomic E-state index is 12.8. The van der Waals surface area contributed by atoms with Gasteiger partial charge in [0.15, 0.2) is 6.10 Å². The van der Waals surface area contributed by atoms with E-state index in [1.807, 2.05) is 0 Å². The molecule has 368 valence electrons. The first-order chi connectivity index (χ1) is 31.1. The maximum Gasteiger partial charge on any atom is 0.306 e. The number of unbranched alkanes of at least 4 members (excludes halogenated alkanes) is 20. The monoisotopic (exact) mass is 896 g/mol. The minimum atomic E-state index is -1.13. The summed E-state index contributed by atoms with van der Waals surface area (Å²) in [7, 11) is 5.41. The van der Waals surface area contributed by atoms with Crippen LogP contribution in [-0.2, 0) is 28.6 Å². The molecule has 2 unspecified atom stereocenters. The van der Waals surface area contributed by atoms with Gasteiger partial charge in [0.05, 0.1) is 40.3 Å². The van der Waals surface area contributed by atoms with Gasteiger partial charge in [0.1, 0.15) is 12.6 Å². The molecule has 64 heavy (non-hydrogen) atoms. The maximum absolute atomic E-state index is 12.8. The first-order valence-electron chi connectivity index (χ1n) is 26.0. The summed E-state index contributed by atoms with van der Waals surface area (Å²) in [5, 5.41) is 11.7. The zero-order valence-corrected chi connectivity index (χ0v) is 41.9. The summed E-state index contributed by atoms with van der Waals surface area (Å²) in [6.07, 6.45) is 59.3. The Morgan fingerprint density at radius 1 is 0.469 bits per heavy atom. The van der Waals surface area contributed by atoms with Crippen LogP contribution < -0.4 is 5.11 Å². The summed E-state index contributed by atoms with van der Waals surface area (Å²) in [6, 6.07) is -0.730. The molecular formula is C56H97NO7. The van der Waals surface area contributed by atoms with Crippen LogP contribution in [0.3, 0.4) is 0 Å². The molecule has 0 spiro atoms. The molecular weight excluding hydrogens is 799 g/mol. The number of carbonyl (C=O) groups is 3. The van der Waals surface area contributed by atoms with Gasteiger partial charge in [0.2, 0.25) is 0 Å². The van der Waals surface area contributed by atoms with E-state index in [0.29, 0.717) is 12.8 Å². The van der Waals surface area contributed by atoms with Crippen LogP contribution in [0.25, 0.3) is 0 Å². The van der Waals surface area contributed by atoms with Gasteiger partial charge in [-0.25, -0.2) is 0 Å². The van der Waals surface area contributed by atoms with E-state index in [2.05, 4.69) is 86.8 Å². The SMILES string of the molecule is CC/C=C/C/C=C/C/C=C/CCCCCCCCCCCCCC(=O)OC(COCCC(C(=O)[O-])[N+](C)(C)C)COC(=O)CCCCCCCCCCC/C=C/C/C=C/C/C=C/CC. The molecule has 0 amide bonds. The number of nitrogens with zero attached hydrogens (tertiary/aromatic N) is 1. The molecule has 0 saturated carbocycles. The minimum absolute atomic E-state index is 0.0359. The Kier molecular flexibility index (Phi) is 44.0. The highest BCUT2D eigenvalue weighted by Gasteiger charge is 2.25. The Bertz CT molecular complexity index is 1270. The van der Waals surface area contributed by atoms with Crippen molar-refractivity contribution >= 4 is 17.9 Å². The lowest BCUT2D eigenvalue weighted by atomic mass is 10.0. The van der Waals surface area contributed by atoms with Crippen LogP contribution in [0.5, 0.6) is 0 Å². The fourth-order valence-corrected chi connectivity index (χ4v) is 7.39. The number of likely N-dealkylation sites (N-methyl/N-ethyl adjacent to an activating group) is 1. The number of carboxylic acid groups (broad SMARTS) is 1. The average Bonchev–Trinajstić information content (AvgIpc) is 3.26. The summed E-state index contributed by atoms with van der Waals surface area (Å²) in [4.78, 5) is 37.1. The number of ether oxygens (including phenoxy) is 3. The fraction of sp³-hybridized carbons (Fsp3) is 0.732. The molecule has 0 aliphatic carbocycles. The van der Waals surface area contributed by atoms with E-state index in [1.54, 1.807) is 21.1 Å². The number of rotatable bonds is 46. The van der Waals surface area contributed by atoms with E-state index in [0.717, 1.165) is 83.5 Å². The summed E-state index contributed by atoms with van der Waals surface area (Å²) in [5.74, 6) is -1.74. The normalized spacial score (nSPS) is 13.5. The van der Waals surface area contributed by atoms with Gasteiger partial charge in [-0.2, -0.15) is 0 Å². The highest BCUT2D eigenvalue weighted by Crippen LogP contribution is 2.15. The third-order valence-corrected chi connectivity index (χ3v) is 11.3. The van der Waals surface area contributed by atoms with Crippen LogP contribution in [0.2, 0.25) is 0 Å². The Morgan fingerprint density at radius 3 is 1.22 bits per heavy atom. The Balaban J connectivity index is 4.24. The van der Waals surface area contributed by atoms with Gasteiger partial charge >= 0.3 is 11.9 Å². The number of aliphatic carboxylic acids is 1. The molecule has 0 rings (SSSR count). The molecule has 0 aromatic heterocycles. The lowest BCUT2D eigenvalue weighted by molar-refractivity contribution is -0.889. The molecule has 0 saturated heterocycles. The van der Waals surface area contributed by atoms with Gasteiger partial charge in [-0.05, 0) is 77.0 Å². The second-order valence-corrected chi connectivity index (χ2v) is 18.3. The molecule has 0 aliphatic heterocycles. The lowest BCUT2D eigenvalue weighted by Gasteiger charge is -2.34. The van der Waals surface area contributed by atoms with Crippen molar-refractivity contribution in [3.05, 3.63) is 72.9 Å². The fourth-order valence-electron chi connectivity index (χ4n) is 7.39. The van der Waals surface area contributed by atoms with E-state index in [4.69, 9.17) is 14.2 Å². The van der Waals surface area contributed by atoms with E-state index in [9.17, 15) is 19.5 Å². The highest BCUT2D eigenvalue weighted by molar-refractivity contribution is 5.70. The summed E-state index contributed by atoms with van der Waals surface area (Å²) >= 11 is 0. The van der Waals surface area contributed by atoms with E-state index >= 15 is 0 Å². The summed E-state index contributed by atoms with van der Waals surface area (Å²) < 4.78 is 17.3. The molecule has 2 atom stereocenters. The molecule has 0 aliphatic rings. The second kappa shape index (κ2) is 46.3. The molecule has 0 bridgehead atoms. The van der Waals surface area contributed by atoms with Crippen molar-refractivity contribution < 1.29 is 38.2 Å². The van der Waals surface area contributed by atoms with Crippen molar-refractivity contribution in [2.45, 2.75) is 225 Å². The van der Waals surface area contributed by atoms with Gasteiger partial charge in [-0.1, -0.05) is 189 Å². The van der Waals surface area contributed by atoms with Gasteiger partial charge < -0.3 is 28.6 Å². The summed E-state index contributed by atoms with van der Waals surface area (Å²) in [6.45, 7) is 4.45. The molecule has 0 aromatic rings. The molecule has 0 N–H and O–H groups in total. The highest BCUT2D eigenvalue weighted by atomic mass is 16.6. The smallest absolute Gasteiger partial charge is 0.306 e. The third kappa shape index (κ3) is 44.0. The number of esters is 2. The molecule has 0 radical (unpaired) electrons. The molecule has 8 heteroatoms. The average molecular weight is 896 g/mol. The second-order valence-electron chi connectivity index (χ2n) is 18.3. The predicted octanol–water partition coefficient (Wildman–Crippen LogP) is 13.8. The van der Waals surface area contributed by atoms with Crippen molar-refractivity contribution in [1.82, 2.24) is 0 Å². The topological polar surface area (TPSA) is 102 Å². The van der Waals surface area contributed by atoms with Crippen LogP contribution in [-0.4, -0.2) is 75.5 Å². The third-order valence-electron chi connectivity index (χ3n) is 11.3. The largest absolute Gasteiger partial charge is 0.544 e. The summed E-state index contributed by atoms with van der Waals surface area (Å²) in [5.41, 5.74) is 0.